The first-order valence-corrected chi connectivity index (χ1v) is 6.89. The van der Waals surface area contributed by atoms with Gasteiger partial charge < -0.3 is 5.32 Å². The van der Waals surface area contributed by atoms with Crippen LogP contribution in [0.1, 0.15) is 13.3 Å². The van der Waals surface area contributed by atoms with Gasteiger partial charge in [0.15, 0.2) is 0 Å². The molecule has 0 radical (unpaired) electrons. The number of amides is 2. The highest BCUT2D eigenvalue weighted by atomic mass is 16.2. The number of allylic oxidation sites excluding steroid dienone is 1. The molecule has 104 valence electrons. The lowest BCUT2D eigenvalue weighted by atomic mass is 9.77. The number of anilines is 1. The topological polar surface area (TPSA) is 49.4 Å². The van der Waals surface area contributed by atoms with E-state index in [1.807, 2.05) is 37.3 Å². The maximum Gasteiger partial charge on any atom is 0.235 e. The van der Waals surface area contributed by atoms with Gasteiger partial charge in [-0.1, -0.05) is 29.8 Å². The number of benzene rings is 1. The summed E-state index contributed by atoms with van der Waals surface area (Å²) in [6.07, 6.45) is 2.74. The fourth-order valence-electron chi connectivity index (χ4n) is 3.17. The molecule has 1 fully saturated rings. The molecule has 1 aliphatic carbocycles. The maximum atomic E-state index is 12.3. The molecule has 20 heavy (non-hydrogen) atoms. The zero-order valence-corrected chi connectivity index (χ0v) is 11.7. The molecule has 1 heterocycles. The standard InChI is InChI=1S/C16H18N2O2/c1-10-8-9-12-13(16(20)18(2)15(12)19)14(10)17-11-6-4-3-5-7-11/h3-8,12-14,17H,9H2,1-2H3/t12-,13-,14+/m0/s1. The van der Waals surface area contributed by atoms with Gasteiger partial charge >= 0.3 is 0 Å². The molecule has 2 amide bonds. The van der Waals surface area contributed by atoms with Gasteiger partial charge in [0.1, 0.15) is 0 Å². The second-order valence-electron chi connectivity index (χ2n) is 5.54. The number of likely N-dealkylation sites (tertiary alicyclic amines) is 1. The van der Waals surface area contributed by atoms with Crippen LogP contribution in [0, 0.1) is 11.8 Å². The minimum Gasteiger partial charge on any atom is -0.378 e. The van der Waals surface area contributed by atoms with E-state index in [9.17, 15) is 9.59 Å². The van der Waals surface area contributed by atoms with Crippen molar-refractivity contribution in [1.29, 1.82) is 0 Å². The quantitative estimate of drug-likeness (QED) is 0.661. The van der Waals surface area contributed by atoms with E-state index in [1.54, 1.807) is 7.05 Å². The van der Waals surface area contributed by atoms with Gasteiger partial charge in [-0.25, -0.2) is 0 Å². The summed E-state index contributed by atoms with van der Waals surface area (Å²) in [7, 11) is 1.58. The summed E-state index contributed by atoms with van der Waals surface area (Å²) >= 11 is 0. The van der Waals surface area contributed by atoms with Crippen LogP contribution < -0.4 is 5.32 Å². The van der Waals surface area contributed by atoms with Crippen molar-refractivity contribution in [3.8, 4) is 0 Å². The zero-order valence-electron chi connectivity index (χ0n) is 11.7. The maximum absolute atomic E-state index is 12.3. The van der Waals surface area contributed by atoms with E-state index in [2.05, 4.69) is 11.4 Å². The molecule has 0 unspecified atom stereocenters. The number of nitrogens with one attached hydrogen (secondary N) is 1. The third-order valence-electron chi connectivity index (χ3n) is 4.34. The lowest BCUT2D eigenvalue weighted by Crippen LogP contribution is -2.40. The highest BCUT2D eigenvalue weighted by Crippen LogP contribution is 2.38. The zero-order chi connectivity index (χ0) is 14.3. The van der Waals surface area contributed by atoms with Crippen molar-refractivity contribution < 1.29 is 9.59 Å². The second kappa shape index (κ2) is 4.78. The summed E-state index contributed by atoms with van der Waals surface area (Å²) in [5.74, 6) is -0.611. The summed E-state index contributed by atoms with van der Waals surface area (Å²) < 4.78 is 0. The molecule has 4 heteroatoms. The number of rotatable bonds is 2. The molecule has 2 aliphatic rings. The Bertz CT molecular complexity index is 579. The largest absolute Gasteiger partial charge is 0.378 e. The third kappa shape index (κ3) is 1.92. The fourth-order valence-corrected chi connectivity index (χ4v) is 3.17. The van der Waals surface area contributed by atoms with Gasteiger partial charge in [0.25, 0.3) is 0 Å². The van der Waals surface area contributed by atoms with Gasteiger partial charge in [-0.15, -0.1) is 0 Å². The number of para-hydroxylation sites is 1. The first-order chi connectivity index (χ1) is 9.59. The molecule has 0 bridgehead atoms. The van der Waals surface area contributed by atoms with Crippen molar-refractivity contribution in [3.05, 3.63) is 42.0 Å². The van der Waals surface area contributed by atoms with Gasteiger partial charge in [-0.2, -0.15) is 0 Å². The lowest BCUT2D eigenvalue weighted by Gasteiger charge is -2.31. The number of carbonyl (C=O) groups excluding carboxylic acids is 2. The van der Waals surface area contributed by atoms with E-state index < -0.39 is 0 Å². The van der Waals surface area contributed by atoms with E-state index in [-0.39, 0.29) is 29.7 Å². The normalized spacial score (nSPS) is 29.2. The second-order valence-corrected chi connectivity index (χ2v) is 5.54. The van der Waals surface area contributed by atoms with Gasteiger partial charge in [0, 0.05) is 12.7 Å². The van der Waals surface area contributed by atoms with Crippen LogP contribution in [0.15, 0.2) is 42.0 Å². The van der Waals surface area contributed by atoms with Crippen LogP contribution in [-0.4, -0.2) is 29.8 Å². The Morgan fingerprint density at radius 2 is 1.85 bits per heavy atom. The van der Waals surface area contributed by atoms with Crippen molar-refractivity contribution in [2.45, 2.75) is 19.4 Å². The third-order valence-corrected chi connectivity index (χ3v) is 4.34. The van der Waals surface area contributed by atoms with Gasteiger partial charge in [0.2, 0.25) is 11.8 Å². The molecule has 1 aliphatic heterocycles. The predicted octanol–water partition coefficient (Wildman–Crippen LogP) is 2.05. The van der Waals surface area contributed by atoms with Crippen molar-refractivity contribution in [2.24, 2.45) is 11.8 Å². The molecule has 1 aromatic carbocycles. The van der Waals surface area contributed by atoms with Crippen LogP contribution >= 0.6 is 0 Å². The van der Waals surface area contributed by atoms with Crippen LogP contribution in [0.3, 0.4) is 0 Å². The molecule has 4 nitrogen and oxygen atoms in total. The predicted molar refractivity (Wildman–Crippen MR) is 77.0 cm³/mol. The van der Waals surface area contributed by atoms with Crippen LogP contribution in [0.25, 0.3) is 0 Å². The summed E-state index contributed by atoms with van der Waals surface area (Å²) in [6, 6.07) is 9.71. The average Bonchev–Trinajstić information content (AvgIpc) is 2.68. The molecule has 1 saturated heterocycles. The average molecular weight is 270 g/mol. The Balaban J connectivity index is 1.92. The van der Waals surface area contributed by atoms with Gasteiger partial charge in [0.05, 0.1) is 17.9 Å². The fraction of sp³-hybridized carbons (Fsp3) is 0.375. The molecule has 3 atom stereocenters. The Hall–Kier alpha value is -2.10. The van der Waals surface area contributed by atoms with Crippen molar-refractivity contribution >= 4 is 17.5 Å². The minimum atomic E-state index is -0.280. The molecule has 1 aromatic rings. The van der Waals surface area contributed by atoms with Gasteiger partial charge in [-0.3, -0.25) is 14.5 Å². The number of hydrogen-bond donors (Lipinski definition) is 1. The Morgan fingerprint density at radius 1 is 1.15 bits per heavy atom. The van der Waals surface area contributed by atoms with E-state index in [1.165, 1.54) is 4.90 Å². The number of fused-ring (bicyclic) bond motifs is 1. The SMILES string of the molecule is CC1=CC[C@@H]2C(=O)N(C)C(=O)[C@@H]2[C@@H]1Nc1ccccc1. The van der Waals surface area contributed by atoms with Crippen LogP contribution in [-0.2, 0) is 9.59 Å². The Kier molecular flexibility index (Phi) is 3.08. The Labute approximate surface area is 118 Å². The summed E-state index contributed by atoms with van der Waals surface area (Å²) in [5, 5.41) is 3.41. The van der Waals surface area contributed by atoms with E-state index in [0.717, 1.165) is 11.3 Å². The lowest BCUT2D eigenvalue weighted by molar-refractivity contribution is -0.138. The summed E-state index contributed by atoms with van der Waals surface area (Å²) in [6.45, 7) is 2.02. The van der Waals surface area contributed by atoms with E-state index in [4.69, 9.17) is 0 Å². The molecule has 0 spiro atoms. The van der Waals surface area contributed by atoms with Crippen LogP contribution in [0.2, 0.25) is 0 Å². The van der Waals surface area contributed by atoms with Crippen molar-refractivity contribution in [3.63, 3.8) is 0 Å². The van der Waals surface area contributed by atoms with Crippen molar-refractivity contribution in [1.82, 2.24) is 4.90 Å². The van der Waals surface area contributed by atoms with Crippen LogP contribution in [0.4, 0.5) is 5.69 Å². The first kappa shape index (κ1) is 12.9. The van der Waals surface area contributed by atoms with Crippen molar-refractivity contribution in [2.75, 3.05) is 12.4 Å². The molecule has 1 N–H and O–H groups in total. The number of carbonyl (C=O) groups is 2. The number of imide groups is 1. The van der Waals surface area contributed by atoms with E-state index >= 15 is 0 Å². The monoisotopic (exact) mass is 270 g/mol. The first-order valence-electron chi connectivity index (χ1n) is 6.89. The molecule has 3 rings (SSSR count). The Morgan fingerprint density at radius 3 is 2.55 bits per heavy atom. The van der Waals surface area contributed by atoms with Gasteiger partial charge in [-0.05, 0) is 25.5 Å². The summed E-state index contributed by atoms with van der Waals surface area (Å²) in [5.41, 5.74) is 2.10. The smallest absolute Gasteiger partial charge is 0.235 e. The molecular formula is C16H18N2O2. The highest BCUT2D eigenvalue weighted by molar-refractivity contribution is 6.05. The number of nitrogens with zero attached hydrogens (tertiary/aromatic N) is 1. The number of hydrogen-bond acceptors (Lipinski definition) is 3. The molecular weight excluding hydrogens is 252 g/mol. The summed E-state index contributed by atoms with van der Waals surface area (Å²) in [4.78, 5) is 25.7. The molecule has 0 aromatic heterocycles. The van der Waals surface area contributed by atoms with E-state index in [0.29, 0.717) is 6.42 Å². The minimum absolute atomic E-state index is 0.0522. The molecule has 0 saturated carbocycles. The van der Waals surface area contributed by atoms with Crippen LogP contribution in [0.5, 0.6) is 0 Å². The highest BCUT2D eigenvalue weighted by Gasteiger charge is 2.50.